The molecule has 1 N–H and O–H groups in total. The van der Waals surface area contributed by atoms with Gasteiger partial charge < -0.3 is 19.5 Å². The van der Waals surface area contributed by atoms with Gasteiger partial charge in [-0.3, -0.25) is 4.79 Å². The lowest BCUT2D eigenvalue weighted by atomic mass is 10.1. The average Bonchev–Trinajstić information content (AvgIpc) is 2.75. The topological polar surface area (TPSA) is 56.8 Å². The zero-order valence-corrected chi connectivity index (χ0v) is 16.6. The summed E-state index contributed by atoms with van der Waals surface area (Å²) in [5, 5.41) is 3.21. The van der Waals surface area contributed by atoms with Crippen LogP contribution in [-0.2, 0) is 0 Å². The third-order valence-corrected chi connectivity index (χ3v) is 4.21. The molecule has 0 aliphatic heterocycles. The van der Waals surface area contributed by atoms with Crippen molar-refractivity contribution in [3.05, 3.63) is 90.1 Å². The van der Waals surface area contributed by atoms with Crippen molar-refractivity contribution >= 4 is 11.5 Å². The van der Waals surface area contributed by atoms with Crippen molar-refractivity contribution in [2.45, 2.75) is 6.92 Å². The summed E-state index contributed by atoms with van der Waals surface area (Å²) in [6.07, 6.45) is 1.57. The number of benzene rings is 3. The highest BCUT2D eigenvalue weighted by atomic mass is 16.5. The third-order valence-electron chi connectivity index (χ3n) is 4.21. The average molecular weight is 389 g/mol. The Morgan fingerprint density at radius 3 is 2.03 bits per heavy atom. The number of ketones is 1. The first kappa shape index (κ1) is 20.0. The lowest BCUT2D eigenvalue weighted by Gasteiger charge is -2.11. The Morgan fingerprint density at radius 1 is 0.793 bits per heavy atom. The van der Waals surface area contributed by atoms with E-state index in [9.17, 15) is 4.79 Å². The number of allylic oxidation sites excluding steroid dienone is 2. The third kappa shape index (κ3) is 5.39. The van der Waals surface area contributed by atoms with Gasteiger partial charge in [0.15, 0.2) is 17.3 Å². The van der Waals surface area contributed by atoms with E-state index in [1.165, 1.54) is 0 Å². The van der Waals surface area contributed by atoms with Crippen molar-refractivity contribution in [3.63, 3.8) is 0 Å². The van der Waals surface area contributed by atoms with Crippen molar-refractivity contribution in [1.82, 2.24) is 0 Å². The summed E-state index contributed by atoms with van der Waals surface area (Å²) in [4.78, 5) is 12.4. The van der Waals surface area contributed by atoms with Gasteiger partial charge in [-0.2, -0.15) is 0 Å². The molecule has 0 bridgehead atoms. The fraction of sp³-hybridized carbons (Fsp3) is 0.125. The van der Waals surface area contributed by atoms with Crippen LogP contribution in [0.1, 0.15) is 17.3 Å². The largest absolute Gasteiger partial charge is 0.497 e. The zero-order valence-electron chi connectivity index (χ0n) is 16.6. The smallest absolute Gasteiger partial charge is 0.187 e. The van der Waals surface area contributed by atoms with Crippen LogP contribution in [0.25, 0.3) is 0 Å². The summed E-state index contributed by atoms with van der Waals surface area (Å²) in [6.45, 7) is 1.85. The Morgan fingerprint density at radius 2 is 1.41 bits per heavy atom. The SMILES string of the molecule is COc1ccc(C(=O)/C=C(\C)Nc2ccc(Oc3ccccc3OC)cc2)cc1. The van der Waals surface area contributed by atoms with Crippen LogP contribution in [0.15, 0.2) is 84.6 Å². The number of nitrogens with one attached hydrogen (secondary N) is 1. The highest BCUT2D eigenvalue weighted by Crippen LogP contribution is 2.31. The maximum absolute atomic E-state index is 12.4. The molecule has 0 fully saturated rings. The van der Waals surface area contributed by atoms with Crippen LogP contribution in [0.5, 0.6) is 23.0 Å². The molecule has 5 heteroatoms. The summed E-state index contributed by atoms with van der Waals surface area (Å²) < 4.78 is 16.3. The summed E-state index contributed by atoms with van der Waals surface area (Å²) in [6, 6.07) is 22.0. The number of carbonyl (C=O) groups excluding carboxylic acids is 1. The van der Waals surface area contributed by atoms with Gasteiger partial charge in [0.1, 0.15) is 11.5 Å². The second-order valence-corrected chi connectivity index (χ2v) is 6.32. The molecule has 0 aromatic heterocycles. The number of anilines is 1. The van der Waals surface area contributed by atoms with Crippen molar-refractivity contribution in [2.24, 2.45) is 0 Å². The van der Waals surface area contributed by atoms with Crippen LogP contribution < -0.4 is 19.5 Å². The minimum absolute atomic E-state index is 0.0752. The maximum atomic E-state index is 12.4. The molecule has 0 amide bonds. The van der Waals surface area contributed by atoms with Crippen molar-refractivity contribution in [2.75, 3.05) is 19.5 Å². The number of carbonyl (C=O) groups is 1. The van der Waals surface area contributed by atoms with Gasteiger partial charge in [-0.1, -0.05) is 12.1 Å². The minimum atomic E-state index is -0.0752. The highest BCUT2D eigenvalue weighted by molar-refractivity contribution is 6.05. The quantitative estimate of drug-likeness (QED) is 0.396. The van der Waals surface area contributed by atoms with E-state index < -0.39 is 0 Å². The van der Waals surface area contributed by atoms with Gasteiger partial charge in [0, 0.05) is 23.0 Å². The Labute approximate surface area is 170 Å². The predicted molar refractivity (Wildman–Crippen MR) is 114 cm³/mol. The lowest BCUT2D eigenvalue weighted by molar-refractivity contribution is 0.104. The molecular weight excluding hydrogens is 366 g/mol. The fourth-order valence-corrected chi connectivity index (χ4v) is 2.74. The highest BCUT2D eigenvalue weighted by Gasteiger charge is 2.06. The monoisotopic (exact) mass is 389 g/mol. The second kappa shape index (κ2) is 9.46. The van der Waals surface area contributed by atoms with E-state index in [4.69, 9.17) is 14.2 Å². The number of ether oxygens (including phenoxy) is 3. The molecule has 29 heavy (non-hydrogen) atoms. The Kier molecular flexibility index (Phi) is 6.53. The molecule has 0 unspecified atom stereocenters. The van der Waals surface area contributed by atoms with Crippen LogP contribution in [0, 0.1) is 0 Å². The lowest BCUT2D eigenvalue weighted by Crippen LogP contribution is -2.01. The van der Waals surface area contributed by atoms with E-state index in [1.807, 2.05) is 55.5 Å². The number of methoxy groups -OCH3 is 2. The molecule has 3 aromatic rings. The van der Waals surface area contributed by atoms with E-state index in [0.717, 1.165) is 17.1 Å². The molecule has 0 aliphatic rings. The Hall–Kier alpha value is -3.73. The van der Waals surface area contributed by atoms with E-state index >= 15 is 0 Å². The van der Waals surface area contributed by atoms with Gasteiger partial charge >= 0.3 is 0 Å². The van der Waals surface area contributed by atoms with Crippen LogP contribution >= 0.6 is 0 Å². The molecule has 0 saturated carbocycles. The molecule has 0 spiro atoms. The normalized spacial score (nSPS) is 10.9. The zero-order chi connectivity index (χ0) is 20.6. The van der Waals surface area contributed by atoms with Crippen molar-refractivity contribution in [3.8, 4) is 23.0 Å². The molecule has 0 heterocycles. The summed E-state index contributed by atoms with van der Waals surface area (Å²) in [5.41, 5.74) is 2.20. The molecule has 5 nitrogen and oxygen atoms in total. The van der Waals surface area contributed by atoms with E-state index in [2.05, 4.69) is 5.32 Å². The van der Waals surface area contributed by atoms with E-state index in [-0.39, 0.29) is 5.78 Å². The van der Waals surface area contributed by atoms with Crippen LogP contribution in [0.2, 0.25) is 0 Å². The Balaban J connectivity index is 1.63. The number of para-hydroxylation sites is 2. The molecule has 0 saturated heterocycles. The molecular formula is C24H23NO4. The van der Waals surface area contributed by atoms with Gasteiger partial charge in [-0.05, 0) is 67.6 Å². The van der Waals surface area contributed by atoms with Crippen LogP contribution in [0.3, 0.4) is 0 Å². The van der Waals surface area contributed by atoms with Crippen LogP contribution in [-0.4, -0.2) is 20.0 Å². The molecule has 0 atom stereocenters. The van der Waals surface area contributed by atoms with Gasteiger partial charge in [0.05, 0.1) is 14.2 Å². The molecule has 0 aliphatic carbocycles. The minimum Gasteiger partial charge on any atom is -0.497 e. The summed E-state index contributed by atoms with van der Waals surface area (Å²) in [7, 11) is 3.20. The summed E-state index contributed by atoms with van der Waals surface area (Å²) in [5.74, 6) is 2.66. The number of hydrogen-bond acceptors (Lipinski definition) is 5. The Bertz CT molecular complexity index is 992. The standard InChI is InChI=1S/C24H23NO4/c1-17(16-22(26)18-8-12-20(27-2)13-9-18)25-19-10-14-21(15-11-19)29-24-7-5-4-6-23(24)28-3/h4-16,25H,1-3H3/b17-16+. The van der Waals surface area contributed by atoms with Gasteiger partial charge in [0.25, 0.3) is 0 Å². The van der Waals surface area contributed by atoms with Gasteiger partial charge in [-0.15, -0.1) is 0 Å². The second-order valence-electron chi connectivity index (χ2n) is 6.32. The van der Waals surface area contributed by atoms with E-state index in [0.29, 0.717) is 22.8 Å². The number of rotatable bonds is 8. The first-order chi connectivity index (χ1) is 14.1. The van der Waals surface area contributed by atoms with Gasteiger partial charge in [0.2, 0.25) is 0 Å². The summed E-state index contributed by atoms with van der Waals surface area (Å²) >= 11 is 0. The molecule has 0 radical (unpaired) electrons. The van der Waals surface area contributed by atoms with Crippen molar-refractivity contribution in [1.29, 1.82) is 0 Å². The number of hydrogen-bond donors (Lipinski definition) is 1. The maximum Gasteiger partial charge on any atom is 0.187 e. The molecule has 3 aromatic carbocycles. The van der Waals surface area contributed by atoms with Crippen LogP contribution in [0.4, 0.5) is 5.69 Å². The van der Waals surface area contributed by atoms with Crippen molar-refractivity contribution < 1.29 is 19.0 Å². The van der Waals surface area contributed by atoms with E-state index in [1.54, 1.807) is 44.6 Å². The first-order valence-electron chi connectivity index (χ1n) is 9.13. The molecule has 3 rings (SSSR count). The predicted octanol–water partition coefficient (Wildman–Crippen LogP) is 5.69. The first-order valence-corrected chi connectivity index (χ1v) is 9.13. The fourth-order valence-electron chi connectivity index (χ4n) is 2.74. The van der Waals surface area contributed by atoms with Gasteiger partial charge in [-0.25, -0.2) is 0 Å². The molecule has 148 valence electrons.